The van der Waals surface area contributed by atoms with Crippen molar-refractivity contribution in [2.75, 3.05) is 25.0 Å². The molecule has 12 nitrogen and oxygen atoms in total. The standard InChI is InChI=1S/C32H39BrN2O3Si.C24H30BrNO3Si.C8H10BrN.CH4.N2/c1-32(2,3)39(4,5)38-29(21-34-20-19-23-11-13-25(33)14-12-23)26-15-17-28(31-27(26)16-18-30(36)35-31)37-22-24-9-7-6-8-10-24;1-24(2,3)30(4,5)29-21(15-25)18-11-13-20(23-19(18)12-14-22(27)26-23)28-16-17-9-7-6-8-10-17;9-8-3-1-7(2-4-8)5-6-10;;1-2/h6-18,29,34H,19-22H2,1-5H3,(H,35,36);6-14,21H,15-16H2,1-5H3,(H,26,27);1-4H,5-6,10H2;1H4;/t29-;21-;;;/m00.../s1. The average Bonchev–Trinajstić information content (AvgIpc) is 3.63. The Labute approximate surface area is 513 Å². The Kier molecular flexibility index (Phi) is 27.3. The number of nitrogens with two attached hydrogens (primary N) is 1. The smallest absolute Gasteiger partial charge is 0.248 e. The minimum Gasteiger partial charge on any atom is -0.487 e. The summed E-state index contributed by atoms with van der Waals surface area (Å²) in [6.45, 7) is 25.6. The monoisotopic (exact) mass is 1340 g/mol. The Morgan fingerprint density at radius 1 is 0.537 bits per heavy atom. The van der Waals surface area contributed by atoms with Gasteiger partial charge in [0.25, 0.3) is 0 Å². The summed E-state index contributed by atoms with van der Waals surface area (Å²) in [6, 6.07) is 51.6. The molecule has 5 N–H and O–H groups in total. The summed E-state index contributed by atoms with van der Waals surface area (Å²) in [5, 5.41) is 18.4. The summed E-state index contributed by atoms with van der Waals surface area (Å²) in [7, 11) is -4.08. The normalized spacial score (nSPS) is 12.3. The summed E-state index contributed by atoms with van der Waals surface area (Å²) < 4.78 is 28.2. The zero-order valence-corrected chi connectivity index (χ0v) is 55.1. The number of aromatic amines is 2. The van der Waals surface area contributed by atoms with Gasteiger partial charge in [0.1, 0.15) is 24.7 Å². The lowest BCUT2D eigenvalue weighted by atomic mass is 10.0. The zero-order chi connectivity index (χ0) is 59.4. The minimum absolute atomic E-state index is 0. The van der Waals surface area contributed by atoms with Gasteiger partial charge in [-0.3, -0.25) is 9.59 Å². The third-order valence-electron chi connectivity index (χ3n) is 14.8. The highest BCUT2D eigenvalue weighted by Gasteiger charge is 2.41. The first-order chi connectivity index (χ1) is 38.5. The Morgan fingerprint density at radius 2 is 0.927 bits per heavy atom. The Balaban J connectivity index is 0.000000296. The molecule has 0 fully saturated rings. The molecule has 2 atom stereocenters. The molecule has 2 heterocycles. The van der Waals surface area contributed by atoms with E-state index in [4.69, 9.17) is 34.8 Å². The van der Waals surface area contributed by atoms with Crippen molar-refractivity contribution in [3.8, 4) is 11.5 Å². The fourth-order valence-electron chi connectivity index (χ4n) is 8.16. The van der Waals surface area contributed by atoms with Gasteiger partial charge < -0.3 is 39.3 Å². The van der Waals surface area contributed by atoms with Crippen LogP contribution < -0.4 is 31.6 Å². The van der Waals surface area contributed by atoms with Crippen molar-refractivity contribution < 1.29 is 18.3 Å². The molecule has 0 aliphatic rings. The second-order valence-corrected chi connectivity index (χ2v) is 34.7. The zero-order valence-electron chi connectivity index (χ0n) is 48.4. The van der Waals surface area contributed by atoms with Gasteiger partial charge in [0, 0.05) is 54.5 Å². The highest BCUT2D eigenvalue weighted by atomic mass is 79.9. The lowest BCUT2D eigenvalue weighted by Crippen LogP contribution is -2.43. The number of halogens is 3. The Bertz CT molecular complexity index is 3350. The van der Waals surface area contributed by atoms with E-state index in [2.05, 4.69) is 179 Å². The van der Waals surface area contributed by atoms with Gasteiger partial charge in [-0.1, -0.05) is 194 Å². The number of nitrogens with zero attached hydrogens (tertiary/aromatic N) is 2. The van der Waals surface area contributed by atoms with Crippen molar-refractivity contribution in [3.05, 3.63) is 221 Å². The molecule has 0 saturated carbocycles. The first-order valence-corrected chi connectivity index (χ1v) is 35.7. The van der Waals surface area contributed by atoms with E-state index in [1.165, 1.54) is 11.1 Å². The molecule has 0 spiro atoms. The molecule has 8 aromatic rings. The maximum atomic E-state index is 12.4. The first-order valence-electron chi connectivity index (χ1n) is 27.1. The van der Waals surface area contributed by atoms with Crippen LogP contribution in [0.5, 0.6) is 11.5 Å². The number of pyridine rings is 2. The number of nitrogens with one attached hydrogen (secondary N) is 3. The van der Waals surface area contributed by atoms with E-state index in [1.807, 2.05) is 97.1 Å². The fraction of sp³-hybridized carbons (Fsp3) is 0.354. The molecule has 0 unspecified atom stereocenters. The number of hydrogen-bond acceptors (Lipinski definition) is 10. The summed E-state index contributed by atoms with van der Waals surface area (Å²) in [5.41, 5.74) is 13.3. The van der Waals surface area contributed by atoms with E-state index >= 15 is 0 Å². The predicted octanol–water partition coefficient (Wildman–Crippen LogP) is 16.9. The van der Waals surface area contributed by atoms with Gasteiger partial charge in [-0.15, -0.1) is 0 Å². The second-order valence-electron chi connectivity index (χ2n) is 22.7. The van der Waals surface area contributed by atoms with Crippen LogP contribution in [0.1, 0.15) is 94.6 Å². The summed E-state index contributed by atoms with van der Waals surface area (Å²) in [4.78, 5) is 30.4. The van der Waals surface area contributed by atoms with Crippen molar-refractivity contribution in [1.82, 2.24) is 15.3 Å². The lowest BCUT2D eigenvalue weighted by molar-refractivity contribution is 0.182. The molecule has 0 radical (unpaired) electrons. The number of alkyl halides is 1. The van der Waals surface area contributed by atoms with Crippen molar-refractivity contribution in [2.24, 2.45) is 5.73 Å². The molecule has 0 bridgehead atoms. The van der Waals surface area contributed by atoms with Crippen LogP contribution in [0.25, 0.3) is 21.8 Å². The van der Waals surface area contributed by atoms with E-state index in [0.29, 0.717) is 47.6 Å². The molecule has 6 aromatic carbocycles. The van der Waals surface area contributed by atoms with Gasteiger partial charge in [-0.05, 0) is 144 Å². The Morgan fingerprint density at radius 3 is 1.32 bits per heavy atom. The highest BCUT2D eigenvalue weighted by molar-refractivity contribution is 9.10. The van der Waals surface area contributed by atoms with Crippen LogP contribution in [0.4, 0.5) is 0 Å². The van der Waals surface area contributed by atoms with Crippen molar-refractivity contribution in [1.29, 1.82) is 10.8 Å². The van der Waals surface area contributed by atoms with Gasteiger partial charge in [0.15, 0.2) is 16.6 Å². The molecule has 2 aromatic heterocycles. The quantitative estimate of drug-likeness (QED) is 0.0247. The van der Waals surface area contributed by atoms with Gasteiger partial charge in [0.2, 0.25) is 11.1 Å². The van der Waals surface area contributed by atoms with Crippen LogP contribution in [0.15, 0.2) is 176 Å². The van der Waals surface area contributed by atoms with E-state index in [0.717, 1.165) is 67.9 Å². The number of ether oxygens (including phenoxy) is 2. The third kappa shape index (κ3) is 20.4. The van der Waals surface area contributed by atoms with Crippen LogP contribution in [-0.2, 0) is 34.9 Å². The van der Waals surface area contributed by atoms with Crippen LogP contribution in [0.3, 0.4) is 0 Å². The topological polar surface area (TPSA) is 188 Å². The van der Waals surface area contributed by atoms with Gasteiger partial charge in [-0.25, -0.2) is 0 Å². The predicted molar refractivity (Wildman–Crippen MR) is 354 cm³/mol. The first kappa shape index (κ1) is 69.0. The Hall–Kier alpha value is -5.53. The van der Waals surface area contributed by atoms with Crippen LogP contribution in [0.2, 0.25) is 36.3 Å². The van der Waals surface area contributed by atoms with E-state index in [-0.39, 0.29) is 40.8 Å². The van der Waals surface area contributed by atoms with Crippen molar-refractivity contribution >= 4 is 86.2 Å². The summed E-state index contributed by atoms with van der Waals surface area (Å²) in [6.07, 6.45) is 1.61. The maximum Gasteiger partial charge on any atom is 0.248 e. The van der Waals surface area contributed by atoms with Crippen LogP contribution in [-0.4, -0.2) is 51.6 Å². The molecule has 82 heavy (non-hydrogen) atoms. The van der Waals surface area contributed by atoms with Crippen molar-refractivity contribution in [2.45, 2.75) is 123 Å². The average molecular weight is 1340 g/mol. The molecule has 0 aliphatic carbocycles. The molecule has 0 amide bonds. The molecule has 8 rings (SSSR count). The lowest BCUT2D eigenvalue weighted by Gasteiger charge is -2.39. The molecule has 0 saturated heterocycles. The number of hydrogen-bond donors (Lipinski definition) is 4. The highest BCUT2D eigenvalue weighted by Crippen LogP contribution is 2.43. The van der Waals surface area contributed by atoms with Gasteiger partial charge in [-0.2, -0.15) is 0 Å². The van der Waals surface area contributed by atoms with E-state index in [9.17, 15) is 9.59 Å². The third-order valence-corrected chi connectivity index (χ3v) is 25.4. The van der Waals surface area contributed by atoms with E-state index < -0.39 is 16.6 Å². The molecule has 0 aliphatic heterocycles. The largest absolute Gasteiger partial charge is 0.487 e. The number of rotatable bonds is 20. The summed E-state index contributed by atoms with van der Waals surface area (Å²) in [5.74, 6) is 1.32. The van der Waals surface area contributed by atoms with E-state index in [1.54, 1.807) is 12.1 Å². The van der Waals surface area contributed by atoms with Crippen molar-refractivity contribution in [3.63, 3.8) is 0 Å². The van der Waals surface area contributed by atoms with Crippen LogP contribution in [0, 0.1) is 10.8 Å². The molecule has 17 heteroatoms. The molecule has 438 valence electrons. The SMILES string of the molecule is C.CC(C)(C)[Si](C)(C)O[C@@H](CBr)c1ccc(OCc2ccccc2)c2[nH]c(=O)ccc12.CC(C)(C)[Si](C)(C)O[C@@H](CNCCc1ccc(Br)cc1)c1ccc(OCc2ccccc2)c2[nH]c(=O)ccc12.N#N.NCCc1ccc(Br)cc1. The fourth-order valence-corrected chi connectivity index (χ4v) is 12.0. The van der Waals surface area contributed by atoms with Gasteiger partial charge in [0.05, 0.1) is 23.2 Å². The number of H-pyrrole nitrogens is 2. The van der Waals surface area contributed by atoms with Crippen LogP contribution >= 0.6 is 47.8 Å². The second kappa shape index (κ2) is 32.5. The minimum atomic E-state index is -2.10. The number of fused-ring (bicyclic) bond motifs is 2. The number of benzene rings is 6. The molecular formula is C65H83Br3N6O6Si2. The molecular weight excluding hydrogens is 1260 g/mol. The maximum absolute atomic E-state index is 12.4. The number of aromatic nitrogens is 2. The van der Waals surface area contributed by atoms with Gasteiger partial charge >= 0.3 is 0 Å². The summed E-state index contributed by atoms with van der Waals surface area (Å²) >= 11 is 10.5.